The van der Waals surface area contributed by atoms with Gasteiger partial charge in [-0.05, 0) is 37.6 Å². The Labute approximate surface area is 132 Å². The second kappa shape index (κ2) is 6.30. The molecule has 21 heavy (non-hydrogen) atoms. The fraction of sp³-hybridized carbons (Fsp3) is 0.438. The van der Waals surface area contributed by atoms with E-state index in [0.29, 0.717) is 5.89 Å². The summed E-state index contributed by atoms with van der Waals surface area (Å²) < 4.78 is 6.83. The molecule has 1 saturated heterocycles. The van der Waals surface area contributed by atoms with Crippen molar-refractivity contribution in [3.05, 3.63) is 40.2 Å². The Kier molecular flexibility index (Phi) is 4.42. The molecule has 0 saturated carbocycles. The fourth-order valence-electron chi connectivity index (χ4n) is 2.66. The van der Waals surface area contributed by atoms with Crippen molar-refractivity contribution in [3.8, 4) is 11.5 Å². The first-order valence-corrected chi connectivity index (χ1v) is 8.04. The molecule has 1 aliphatic heterocycles. The predicted octanol–water partition coefficient (Wildman–Crippen LogP) is 3.02. The number of aryl methyl sites for hydroxylation is 1. The maximum absolute atomic E-state index is 9.55. The third-order valence-electron chi connectivity index (χ3n) is 3.90. The Morgan fingerprint density at radius 1 is 1.38 bits per heavy atom. The van der Waals surface area contributed by atoms with Gasteiger partial charge in [0, 0.05) is 36.1 Å². The summed E-state index contributed by atoms with van der Waals surface area (Å²) in [5.41, 5.74) is 2.00. The number of aromatic nitrogens is 1. The molecule has 1 N–H and O–H groups in total. The Morgan fingerprint density at radius 3 is 2.81 bits per heavy atom. The molecule has 5 heteroatoms. The molecular formula is C16H19BrN2O2. The van der Waals surface area contributed by atoms with Crippen LogP contribution in [0.5, 0.6) is 0 Å². The zero-order chi connectivity index (χ0) is 14.8. The Morgan fingerprint density at radius 2 is 2.14 bits per heavy atom. The number of benzene rings is 1. The average Bonchev–Trinajstić information content (AvgIpc) is 3.04. The molecule has 3 rings (SSSR count). The zero-order valence-electron chi connectivity index (χ0n) is 12.1. The van der Waals surface area contributed by atoms with Crippen molar-refractivity contribution in [2.75, 3.05) is 19.6 Å². The SMILES string of the molecule is Cc1oc(-c2ccc(Br)cc2)nc1CCN1CC[C@H](O)C1. The lowest BCUT2D eigenvalue weighted by Crippen LogP contribution is -2.24. The number of aliphatic hydroxyl groups excluding tert-OH is 1. The van der Waals surface area contributed by atoms with Crippen LogP contribution in [0.2, 0.25) is 0 Å². The third kappa shape index (κ3) is 3.54. The molecule has 0 bridgehead atoms. The topological polar surface area (TPSA) is 49.5 Å². The van der Waals surface area contributed by atoms with E-state index >= 15 is 0 Å². The van der Waals surface area contributed by atoms with Crippen LogP contribution < -0.4 is 0 Å². The van der Waals surface area contributed by atoms with Gasteiger partial charge in [0.25, 0.3) is 0 Å². The molecule has 2 heterocycles. The number of nitrogens with zero attached hydrogens (tertiary/aromatic N) is 2. The van der Waals surface area contributed by atoms with E-state index in [-0.39, 0.29) is 6.10 Å². The molecular weight excluding hydrogens is 332 g/mol. The van der Waals surface area contributed by atoms with Crippen LogP contribution in [0, 0.1) is 6.92 Å². The van der Waals surface area contributed by atoms with Crippen molar-refractivity contribution in [1.82, 2.24) is 9.88 Å². The minimum atomic E-state index is -0.165. The summed E-state index contributed by atoms with van der Waals surface area (Å²) in [6.45, 7) is 4.63. The van der Waals surface area contributed by atoms with Gasteiger partial charge in [-0.1, -0.05) is 15.9 Å². The highest BCUT2D eigenvalue weighted by molar-refractivity contribution is 9.10. The second-order valence-electron chi connectivity index (χ2n) is 5.52. The van der Waals surface area contributed by atoms with Crippen LogP contribution in [-0.4, -0.2) is 40.7 Å². The number of likely N-dealkylation sites (tertiary alicyclic amines) is 1. The molecule has 1 fully saturated rings. The van der Waals surface area contributed by atoms with Crippen molar-refractivity contribution in [3.63, 3.8) is 0 Å². The van der Waals surface area contributed by atoms with Gasteiger partial charge in [0.1, 0.15) is 5.76 Å². The van der Waals surface area contributed by atoms with Crippen molar-refractivity contribution in [2.24, 2.45) is 0 Å². The van der Waals surface area contributed by atoms with Crippen molar-refractivity contribution in [2.45, 2.75) is 25.9 Å². The van der Waals surface area contributed by atoms with E-state index in [1.165, 1.54) is 0 Å². The smallest absolute Gasteiger partial charge is 0.226 e. The van der Waals surface area contributed by atoms with Gasteiger partial charge in [-0.2, -0.15) is 0 Å². The van der Waals surface area contributed by atoms with Gasteiger partial charge in [0.2, 0.25) is 5.89 Å². The molecule has 0 unspecified atom stereocenters. The molecule has 2 aromatic rings. The average molecular weight is 351 g/mol. The number of oxazole rings is 1. The number of hydrogen-bond donors (Lipinski definition) is 1. The number of rotatable bonds is 4. The van der Waals surface area contributed by atoms with E-state index in [9.17, 15) is 5.11 Å². The molecule has 0 aliphatic carbocycles. The largest absolute Gasteiger partial charge is 0.441 e. The molecule has 0 radical (unpaired) electrons. The lowest BCUT2D eigenvalue weighted by Gasteiger charge is -2.13. The van der Waals surface area contributed by atoms with E-state index in [1.54, 1.807) is 0 Å². The second-order valence-corrected chi connectivity index (χ2v) is 6.44. The summed E-state index contributed by atoms with van der Waals surface area (Å²) in [6, 6.07) is 7.96. The van der Waals surface area contributed by atoms with Gasteiger partial charge < -0.3 is 14.4 Å². The fourth-order valence-corrected chi connectivity index (χ4v) is 2.92. The molecule has 1 aromatic carbocycles. The van der Waals surface area contributed by atoms with Crippen LogP contribution >= 0.6 is 15.9 Å². The minimum absolute atomic E-state index is 0.165. The molecule has 0 spiro atoms. The summed E-state index contributed by atoms with van der Waals surface area (Å²) in [7, 11) is 0. The van der Waals surface area contributed by atoms with Crippen molar-refractivity contribution in [1.29, 1.82) is 0 Å². The highest BCUT2D eigenvalue weighted by atomic mass is 79.9. The van der Waals surface area contributed by atoms with Gasteiger partial charge in [0.05, 0.1) is 11.8 Å². The number of halogens is 1. The Balaban J connectivity index is 1.68. The van der Waals surface area contributed by atoms with E-state index < -0.39 is 0 Å². The Bertz CT molecular complexity index is 609. The lowest BCUT2D eigenvalue weighted by molar-refractivity contribution is 0.176. The first-order valence-electron chi connectivity index (χ1n) is 7.24. The maximum Gasteiger partial charge on any atom is 0.226 e. The van der Waals surface area contributed by atoms with E-state index in [0.717, 1.165) is 54.0 Å². The third-order valence-corrected chi connectivity index (χ3v) is 4.42. The van der Waals surface area contributed by atoms with Gasteiger partial charge in [-0.25, -0.2) is 4.98 Å². The highest BCUT2D eigenvalue weighted by Crippen LogP contribution is 2.24. The first-order chi connectivity index (χ1) is 10.1. The van der Waals surface area contributed by atoms with E-state index in [2.05, 4.69) is 25.8 Å². The number of β-amino-alcohol motifs (C(OH)–C–C–N with tert-alkyl or cyclic N) is 1. The lowest BCUT2D eigenvalue weighted by atomic mass is 10.2. The molecule has 0 amide bonds. The number of aliphatic hydroxyl groups is 1. The van der Waals surface area contributed by atoms with Crippen LogP contribution in [0.4, 0.5) is 0 Å². The van der Waals surface area contributed by atoms with E-state index in [1.807, 2.05) is 31.2 Å². The molecule has 1 aromatic heterocycles. The molecule has 4 nitrogen and oxygen atoms in total. The normalized spacial score (nSPS) is 19.3. The predicted molar refractivity (Wildman–Crippen MR) is 85.1 cm³/mol. The van der Waals surface area contributed by atoms with Crippen LogP contribution in [0.25, 0.3) is 11.5 Å². The van der Waals surface area contributed by atoms with Crippen LogP contribution in [0.3, 0.4) is 0 Å². The molecule has 1 aliphatic rings. The van der Waals surface area contributed by atoms with E-state index in [4.69, 9.17) is 4.42 Å². The minimum Gasteiger partial charge on any atom is -0.441 e. The zero-order valence-corrected chi connectivity index (χ0v) is 13.6. The Hall–Kier alpha value is -1.17. The quantitative estimate of drug-likeness (QED) is 0.920. The molecule has 1 atom stereocenters. The first kappa shape index (κ1) is 14.8. The van der Waals surface area contributed by atoms with Gasteiger partial charge in [-0.15, -0.1) is 0 Å². The van der Waals surface area contributed by atoms with Crippen LogP contribution in [0.1, 0.15) is 17.9 Å². The summed E-state index contributed by atoms with van der Waals surface area (Å²) in [5, 5.41) is 9.55. The van der Waals surface area contributed by atoms with Gasteiger partial charge in [0.15, 0.2) is 0 Å². The van der Waals surface area contributed by atoms with Crippen molar-refractivity contribution >= 4 is 15.9 Å². The summed E-state index contributed by atoms with van der Waals surface area (Å²) in [6.07, 6.45) is 1.57. The van der Waals surface area contributed by atoms with Crippen LogP contribution in [0.15, 0.2) is 33.2 Å². The summed E-state index contributed by atoms with van der Waals surface area (Å²) in [4.78, 5) is 6.89. The molecule has 112 valence electrons. The standard InChI is InChI=1S/C16H19BrN2O2/c1-11-15(7-9-19-8-6-14(20)10-19)18-16(21-11)12-2-4-13(17)5-3-12/h2-5,14,20H,6-10H2,1H3/t14-/m0/s1. The highest BCUT2D eigenvalue weighted by Gasteiger charge is 2.20. The monoisotopic (exact) mass is 350 g/mol. The van der Waals surface area contributed by atoms with Gasteiger partial charge in [-0.3, -0.25) is 0 Å². The summed E-state index contributed by atoms with van der Waals surface area (Å²) in [5.74, 6) is 1.56. The number of hydrogen-bond acceptors (Lipinski definition) is 4. The van der Waals surface area contributed by atoms with Gasteiger partial charge >= 0.3 is 0 Å². The van der Waals surface area contributed by atoms with Crippen molar-refractivity contribution < 1.29 is 9.52 Å². The summed E-state index contributed by atoms with van der Waals surface area (Å²) >= 11 is 3.43. The van der Waals surface area contributed by atoms with Crippen LogP contribution in [-0.2, 0) is 6.42 Å². The maximum atomic E-state index is 9.55.